The maximum Gasteiger partial charge on any atom is 0.264 e. The van der Waals surface area contributed by atoms with Gasteiger partial charge >= 0.3 is 0 Å². The Kier molecular flexibility index (Phi) is 5.43. The number of aromatic amines is 1. The number of likely N-dealkylation sites (N-methyl/N-ethyl adjacent to an activating group) is 1. The molecule has 1 amide bonds. The molecule has 2 heterocycles. The Hall–Kier alpha value is -3.55. The third-order valence-electron chi connectivity index (χ3n) is 5.82. The highest BCUT2D eigenvalue weighted by atomic mass is 16.5. The van der Waals surface area contributed by atoms with Gasteiger partial charge < -0.3 is 29.8 Å². The number of fused-ring (bicyclic) bond motifs is 4. The number of benzene rings is 3. The second kappa shape index (κ2) is 8.53. The standard InChI is InChI=1S/C25H25N3O4/c1-28-22-12-16(6-9-24(22)32-15-25(28)30)23(29)14-26-10-11-31-17-7-8-19-18-4-2-3-5-20(18)27-21(19)13-17/h2-9,12-13,23,26-27,29H,10-11,14-15H2,1H3/t23-/m0/s1. The molecule has 164 valence electrons. The summed E-state index contributed by atoms with van der Waals surface area (Å²) in [6.07, 6.45) is -0.701. The minimum Gasteiger partial charge on any atom is -0.492 e. The smallest absolute Gasteiger partial charge is 0.264 e. The van der Waals surface area contributed by atoms with Crippen LogP contribution in [0.15, 0.2) is 60.7 Å². The molecule has 0 spiro atoms. The number of anilines is 1. The summed E-state index contributed by atoms with van der Waals surface area (Å²) in [6.45, 7) is 1.49. The molecule has 0 unspecified atom stereocenters. The van der Waals surface area contributed by atoms with Crippen molar-refractivity contribution in [2.45, 2.75) is 6.10 Å². The second-order valence-electron chi connectivity index (χ2n) is 7.91. The Morgan fingerprint density at radius 2 is 1.97 bits per heavy atom. The summed E-state index contributed by atoms with van der Waals surface area (Å²) in [6, 6.07) is 19.7. The largest absolute Gasteiger partial charge is 0.492 e. The van der Waals surface area contributed by atoms with Crippen LogP contribution in [0.5, 0.6) is 11.5 Å². The molecule has 7 heteroatoms. The molecule has 1 aliphatic rings. The summed E-state index contributed by atoms with van der Waals surface area (Å²) in [4.78, 5) is 16.8. The van der Waals surface area contributed by atoms with E-state index in [2.05, 4.69) is 28.5 Å². The first kappa shape index (κ1) is 20.4. The number of amides is 1. The maximum absolute atomic E-state index is 11.8. The number of carbonyl (C=O) groups excluding carboxylic acids is 1. The van der Waals surface area contributed by atoms with Gasteiger partial charge in [-0.25, -0.2) is 0 Å². The van der Waals surface area contributed by atoms with Crippen LogP contribution in [-0.2, 0) is 4.79 Å². The van der Waals surface area contributed by atoms with E-state index in [9.17, 15) is 9.90 Å². The van der Waals surface area contributed by atoms with Gasteiger partial charge in [-0.3, -0.25) is 4.79 Å². The molecule has 32 heavy (non-hydrogen) atoms. The van der Waals surface area contributed by atoms with Gasteiger partial charge in [0.1, 0.15) is 18.1 Å². The zero-order chi connectivity index (χ0) is 22.1. The van der Waals surface area contributed by atoms with Crippen LogP contribution in [0.25, 0.3) is 21.8 Å². The van der Waals surface area contributed by atoms with Gasteiger partial charge in [0.2, 0.25) is 0 Å². The summed E-state index contributed by atoms with van der Waals surface area (Å²) in [5, 5.41) is 16.1. The molecule has 1 aliphatic heterocycles. The third kappa shape index (κ3) is 3.88. The summed E-state index contributed by atoms with van der Waals surface area (Å²) >= 11 is 0. The van der Waals surface area contributed by atoms with Gasteiger partial charge in [0.15, 0.2) is 6.61 Å². The number of aliphatic hydroxyl groups excluding tert-OH is 1. The Bertz CT molecular complexity index is 1280. The quantitative estimate of drug-likeness (QED) is 0.391. The molecule has 1 aromatic heterocycles. The molecule has 5 rings (SSSR count). The Morgan fingerprint density at radius 1 is 1.12 bits per heavy atom. The molecule has 0 aliphatic carbocycles. The lowest BCUT2D eigenvalue weighted by Crippen LogP contribution is -2.35. The molecule has 4 aromatic rings. The number of hydrogen-bond acceptors (Lipinski definition) is 5. The van der Waals surface area contributed by atoms with Crippen LogP contribution >= 0.6 is 0 Å². The van der Waals surface area contributed by atoms with E-state index in [-0.39, 0.29) is 12.5 Å². The normalized spacial score (nSPS) is 14.4. The van der Waals surface area contributed by atoms with Crippen molar-refractivity contribution in [2.24, 2.45) is 0 Å². The number of ether oxygens (including phenoxy) is 2. The Labute approximate surface area is 185 Å². The van der Waals surface area contributed by atoms with E-state index < -0.39 is 6.10 Å². The Morgan fingerprint density at radius 3 is 2.88 bits per heavy atom. The fourth-order valence-corrected chi connectivity index (χ4v) is 4.02. The average Bonchev–Trinajstić information content (AvgIpc) is 3.19. The SMILES string of the molecule is CN1C(=O)COc2ccc([C@@H](O)CNCCOc3ccc4c(c3)[nH]c3ccccc34)cc21. The molecule has 0 fully saturated rings. The Balaban J connectivity index is 1.14. The molecular weight excluding hydrogens is 406 g/mol. The van der Waals surface area contributed by atoms with Gasteiger partial charge in [-0.2, -0.15) is 0 Å². The van der Waals surface area contributed by atoms with Gasteiger partial charge in [0.05, 0.1) is 17.3 Å². The van der Waals surface area contributed by atoms with E-state index in [1.165, 1.54) is 10.8 Å². The number of aromatic nitrogens is 1. The summed E-state index contributed by atoms with van der Waals surface area (Å²) in [5.74, 6) is 1.34. The second-order valence-corrected chi connectivity index (χ2v) is 7.91. The zero-order valence-corrected chi connectivity index (χ0v) is 17.8. The van der Waals surface area contributed by atoms with E-state index in [4.69, 9.17) is 9.47 Å². The number of nitrogens with one attached hydrogen (secondary N) is 2. The zero-order valence-electron chi connectivity index (χ0n) is 17.8. The fraction of sp³-hybridized carbons (Fsp3) is 0.240. The van der Waals surface area contributed by atoms with E-state index in [1.54, 1.807) is 24.1 Å². The molecule has 3 N–H and O–H groups in total. The highest BCUT2D eigenvalue weighted by Crippen LogP contribution is 2.33. The highest BCUT2D eigenvalue weighted by Gasteiger charge is 2.23. The number of H-pyrrole nitrogens is 1. The van der Waals surface area contributed by atoms with Crippen molar-refractivity contribution in [3.8, 4) is 11.5 Å². The molecule has 0 radical (unpaired) electrons. The summed E-state index contributed by atoms with van der Waals surface area (Å²) in [7, 11) is 1.71. The first-order valence-electron chi connectivity index (χ1n) is 10.7. The van der Waals surface area contributed by atoms with Crippen molar-refractivity contribution in [3.63, 3.8) is 0 Å². The monoisotopic (exact) mass is 431 g/mol. The van der Waals surface area contributed by atoms with Crippen LogP contribution in [0.2, 0.25) is 0 Å². The van der Waals surface area contributed by atoms with Crippen molar-refractivity contribution in [2.75, 3.05) is 38.3 Å². The van der Waals surface area contributed by atoms with E-state index in [0.29, 0.717) is 31.1 Å². The van der Waals surface area contributed by atoms with Crippen LogP contribution in [0, 0.1) is 0 Å². The number of nitrogens with zero attached hydrogens (tertiary/aromatic N) is 1. The number of para-hydroxylation sites is 1. The molecule has 3 aromatic carbocycles. The van der Waals surface area contributed by atoms with Crippen LogP contribution in [-0.4, -0.2) is 49.3 Å². The minimum atomic E-state index is -0.701. The van der Waals surface area contributed by atoms with Crippen LogP contribution in [0.3, 0.4) is 0 Å². The molecule has 0 saturated heterocycles. The molecule has 0 saturated carbocycles. The molecule has 1 atom stereocenters. The van der Waals surface area contributed by atoms with Crippen LogP contribution in [0.4, 0.5) is 5.69 Å². The topological polar surface area (TPSA) is 86.8 Å². The van der Waals surface area contributed by atoms with Gasteiger partial charge in [0.25, 0.3) is 5.91 Å². The van der Waals surface area contributed by atoms with Crippen LogP contribution in [0.1, 0.15) is 11.7 Å². The molecule has 0 bridgehead atoms. The number of carbonyl (C=O) groups is 1. The van der Waals surface area contributed by atoms with Gasteiger partial charge in [-0.1, -0.05) is 24.3 Å². The summed E-state index contributed by atoms with van der Waals surface area (Å²) in [5.41, 5.74) is 3.56. The molecule has 7 nitrogen and oxygen atoms in total. The minimum absolute atomic E-state index is 0.0418. The number of aliphatic hydroxyl groups is 1. The van der Waals surface area contributed by atoms with Gasteiger partial charge in [0, 0.05) is 42.5 Å². The van der Waals surface area contributed by atoms with Crippen molar-refractivity contribution in [3.05, 3.63) is 66.2 Å². The summed E-state index contributed by atoms with van der Waals surface area (Å²) < 4.78 is 11.3. The predicted molar refractivity (Wildman–Crippen MR) is 124 cm³/mol. The lowest BCUT2D eigenvalue weighted by atomic mass is 10.1. The lowest BCUT2D eigenvalue weighted by molar-refractivity contribution is -0.120. The van der Waals surface area contributed by atoms with E-state index in [0.717, 1.165) is 22.3 Å². The van der Waals surface area contributed by atoms with Crippen LogP contribution < -0.4 is 19.7 Å². The van der Waals surface area contributed by atoms with Crippen molar-refractivity contribution in [1.82, 2.24) is 10.3 Å². The highest BCUT2D eigenvalue weighted by molar-refractivity contribution is 6.07. The van der Waals surface area contributed by atoms with Crippen molar-refractivity contribution >= 4 is 33.4 Å². The van der Waals surface area contributed by atoms with Gasteiger partial charge in [-0.15, -0.1) is 0 Å². The van der Waals surface area contributed by atoms with Crippen molar-refractivity contribution in [1.29, 1.82) is 0 Å². The van der Waals surface area contributed by atoms with Crippen molar-refractivity contribution < 1.29 is 19.4 Å². The number of hydrogen-bond donors (Lipinski definition) is 3. The van der Waals surface area contributed by atoms with E-state index in [1.807, 2.05) is 30.3 Å². The third-order valence-corrected chi connectivity index (χ3v) is 5.82. The maximum atomic E-state index is 11.8. The number of rotatable bonds is 7. The van der Waals surface area contributed by atoms with Gasteiger partial charge in [-0.05, 0) is 35.9 Å². The lowest BCUT2D eigenvalue weighted by Gasteiger charge is -2.27. The first-order valence-corrected chi connectivity index (χ1v) is 10.7. The predicted octanol–water partition coefficient (Wildman–Crippen LogP) is 3.38. The van der Waals surface area contributed by atoms with E-state index >= 15 is 0 Å². The average molecular weight is 431 g/mol. The fourth-order valence-electron chi connectivity index (χ4n) is 4.02. The molecular formula is C25H25N3O4. The first-order chi connectivity index (χ1) is 15.6.